The maximum atomic E-state index is 13.6. The second kappa shape index (κ2) is 9.34. The summed E-state index contributed by atoms with van der Waals surface area (Å²) in [6, 6.07) is 16.0. The first-order chi connectivity index (χ1) is 13.2. The van der Waals surface area contributed by atoms with Crippen LogP contribution in [0.25, 0.3) is 22.6 Å². The average Bonchev–Trinajstić information content (AvgIpc) is 3.12. The Bertz CT molecular complexity index is 899. The van der Waals surface area contributed by atoms with Crippen molar-refractivity contribution in [2.24, 2.45) is 0 Å². The lowest BCUT2D eigenvalue weighted by Crippen LogP contribution is -2.28. The molecule has 0 fully saturated rings. The van der Waals surface area contributed by atoms with Crippen molar-refractivity contribution in [2.45, 2.75) is 5.03 Å². The molecule has 0 saturated heterocycles. The first-order valence-corrected chi connectivity index (χ1v) is 9.45. The number of carbonyl (C=O) groups is 1. The fourth-order valence-corrected chi connectivity index (χ4v) is 3.35. The Morgan fingerprint density at radius 1 is 1.19 bits per heavy atom. The Morgan fingerprint density at radius 3 is 2.70 bits per heavy atom. The van der Waals surface area contributed by atoms with Crippen molar-refractivity contribution in [3.8, 4) is 22.6 Å². The van der Waals surface area contributed by atoms with E-state index in [0.717, 1.165) is 11.3 Å². The molecule has 1 amide bonds. The molecule has 0 bridgehead atoms. The number of hydrogen-bond donors (Lipinski definition) is 2. The highest BCUT2D eigenvalue weighted by Crippen LogP contribution is 2.32. The summed E-state index contributed by atoms with van der Waals surface area (Å²) in [7, 11) is 1.59. The van der Waals surface area contributed by atoms with Gasteiger partial charge in [-0.05, 0) is 12.1 Å². The molecule has 27 heavy (non-hydrogen) atoms. The molecule has 1 heterocycles. The number of ether oxygens (including phenoxy) is 1. The number of imidazole rings is 1. The van der Waals surface area contributed by atoms with Gasteiger partial charge in [0.15, 0.2) is 0 Å². The third kappa shape index (κ3) is 5.18. The fraction of sp³-hybridized carbons (Fsp3) is 0.200. The van der Waals surface area contributed by atoms with Crippen LogP contribution in [0.5, 0.6) is 0 Å². The van der Waals surface area contributed by atoms with Crippen LogP contribution in [0, 0.1) is 5.82 Å². The normalized spacial score (nSPS) is 10.7. The lowest BCUT2D eigenvalue weighted by atomic mass is 10.2. The maximum Gasteiger partial charge on any atom is 0.230 e. The molecule has 0 spiro atoms. The van der Waals surface area contributed by atoms with Crippen LogP contribution < -0.4 is 5.32 Å². The minimum absolute atomic E-state index is 0.0913. The smallest absolute Gasteiger partial charge is 0.230 e. The van der Waals surface area contributed by atoms with Gasteiger partial charge in [-0.1, -0.05) is 54.2 Å². The summed E-state index contributed by atoms with van der Waals surface area (Å²) in [5.74, 6) is 0.385. The highest BCUT2D eigenvalue weighted by molar-refractivity contribution is 8.00. The largest absolute Gasteiger partial charge is 0.383 e. The van der Waals surface area contributed by atoms with Crippen LogP contribution in [0.2, 0.25) is 0 Å². The van der Waals surface area contributed by atoms with Gasteiger partial charge in [0.05, 0.1) is 18.1 Å². The molecule has 0 aliphatic heterocycles. The molecule has 2 N–H and O–H groups in total. The lowest BCUT2D eigenvalue weighted by Gasteiger charge is -2.04. The van der Waals surface area contributed by atoms with Gasteiger partial charge >= 0.3 is 0 Å². The van der Waals surface area contributed by atoms with E-state index in [1.165, 1.54) is 23.9 Å². The van der Waals surface area contributed by atoms with E-state index in [0.29, 0.717) is 29.6 Å². The van der Waals surface area contributed by atoms with Gasteiger partial charge in [0, 0.05) is 24.8 Å². The van der Waals surface area contributed by atoms with Gasteiger partial charge < -0.3 is 15.0 Å². The van der Waals surface area contributed by atoms with E-state index in [1.54, 1.807) is 19.2 Å². The van der Waals surface area contributed by atoms with E-state index in [4.69, 9.17) is 4.74 Å². The first kappa shape index (κ1) is 19.1. The number of H-pyrrole nitrogens is 1. The number of amides is 1. The quantitative estimate of drug-likeness (QED) is 0.458. The molecular weight excluding hydrogens is 365 g/mol. The van der Waals surface area contributed by atoms with Crippen molar-refractivity contribution >= 4 is 17.7 Å². The van der Waals surface area contributed by atoms with Gasteiger partial charge in [0.1, 0.15) is 16.7 Å². The van der Waals surface area contributed by atoms with E-state index < -0.39 is 0 Å². The first-order valence-electron chi connectivity index (χ1n) is 8.47. The predicted molar refractivity (Wildman–Crippen MR) is 105 cm³/mol. The predicted octanol–water partition coefficient (Wildman–Crippen LogP) is 3.74. The average molecular weight is 385 g/mol. The number of rotatable bonds is 8. The van der Waals surface area contributed by atoms with Crippen LogP contribution in [0.15, 0.2) is 59.6 Å². The third-order valence-corrected chi connectivity index (χ3v) is 4.77. The van der Waals surface area contributed by atoms with Crippen LogP contribution in [0.3, 0.4) is 0 Å². The molecule has 0 atom stereocenters. The van der Waals surface area contributed by atoms with Crippen molar-refractivity contribution in [1.29, 1.82) is 0 Å². The van der Waals surface area contributed by atoms with Gasteiger partial charge in [-0.15, -0.1) is 0 Å². The zero-order valence-electron chi connectivity index (χ0n) is 14.9. The van der Waals surface area contributed by atoms with E-state index in [1.807, 2.05) is 30.3 Å². The monoisotopic (exact) mass is 385 g/mol. The van der Waals surface area contributed by atoms with Crippen molar-refractivity contribution < 1.29 is 13.9 Å². The highest BCUT2D eigenvalue weighted by atomic mass is 32.2. The molecule has 0 aliphatic carbocycles. The number of benzene rings is 2. The Morgan fingerprint density at radius 2 is 1.96 bits per heavy atom. The van der Waals surface area contributed by atoms with Gasteiger partial charge in [-0.2, -0.15) is 0 Å². The second-order valence-corrected chi connectivity index (χ2v) is 6.74. The standard InChI is InChI=1S/C20H20FN3O2S/c1-26-11-10-22-17(25)13-27-20-18(14-6-3-2-4-7-14)23-19(24-20)15-8-5-9-16(21)12-15/h2-9,12H,10-11,13H2,1H3,(H,22,25)(H,23,24). The van der Waals surface area contributed by atoms with Gasteiger partial charge in [-0.3, -0.25) is 4.79 Å². The van der Waals surface area contributed by atoms with Crippen molar-refractivity contribution in [1.82, 2.24) is 15.3 Å². The molecule has 3 rings (SSSR count). The molecule has 140 valence electrons. The summed E-state index contributed by atoms with van der Waals surface area (Å²) < 4.78 is 18.5. The number of aromatic nitrogens is 2. The Balaban J connectivity index is 1.84. The molecule has 1 aromatic heterocycles. The minimum Gasteiger partial charge on any atom is -0.383 e. The summed E-state index contributed by atoms with van der Waals surface area (Å²) in [4.78, 5) is 19.9. The van der Waals surface area contributed by atoms with Crippen molar-refractivity contribution in [2.75, 3.05) is 26.0 Å². The number of aromatic amines is 1. The van der Waals surface area contributed by atoms with Crippen LogP contribution >= 0.6 is 11.8 Å². The summed E-state index contributed by atoms with van der Waals surface area (Å²) in [5, 5.41) is 3.48. The molecule has 0 radical (unpaired) electrons. The number of nitrogens with one attached hydrogen (secondary N) is 2. The van der Waals surface area contributed by atoms with E-state index in [2.05, 4.69) is 15.3 Å². The van der Waals surface area contributed by atoms with Gasteiger partial charge in [0.2, 0.25) is 5.91 Å². The zero-order chi connectivity index (χ0) is 19.1. The number of halogens is 1. The Kier molecular flexibility index (Phi) is 6.62. The molecule has 3 aromatic rings. The van der Waals surface area contributed by atoms with Crippen LogP contribution in [-0.2, 0) is 9.53 Å². The topological polar surface area (TPSA) is 67.0 Å². The van der Waals surface area contributed by atoms with Crippen LogP contribution in [0.1, 0.15) is 0 Å². The van der Waals surface area contributed by atoms with Gasteiger partial charge in [0.25, 0.3) is 0 Å². The SMILES string of the molecule is COCCNC(=O)CSc1nc(-c2cccc(F)c2)[nH]c1-c1ccccc1. The molecule has 2 aromatic carbocycles. The Hall–Kier alpha value is -2.64. The van der Waals surface area contributed by atoms with E-state index in [-0.39, 0.29) is 17.5 Å². The fourth-order valence-electron chi connectivity index (χ4n) is 2.51. The molecule has 0 aliphatic rings. The summed E-state index contributed by atoms with van der Waals surface area (Å²) >= 11 is 1.34. The number of methoxy groups -OCH3 is 1. The number of thioether (sulfide) groups is 1. The molecule has 0 unspecified atom stereocenters. The van der Waals surface area contributed by atoms with Crippen LogP contribution in [0.4, 0.5) is 4.39 Å². The third-order valence-electron chi connectivity index (χ3n) is 3.80. The van der Waals surface area contributed by atoms with Crippen LogP contribution in [-0.4, -0.2) is 41.9 Å². The lowest BCUT2D eigenvalue weighted by molar-refractivity contribution is -0.118. The van der Waals surface area contributed by atoms with Crippen molar-refractivity contribution in [3.63, 3.8) is 0 Å². The zero-order valence-corrected chi connectivity index (χ0v) is 15.7. The van der Waals surface area contributed by atoms with E-state index in [9.17, 15) is 9.18 Å². The number of hydrogen-bond acceptors (Lipinski definition) is 4. The molecule has 7 heteroatoms. The highest BCUT2D eigenvalue weighted by Gasteiger charge is 2.15. The minimum atomic E-state index is -0.322. The summed E-state index contributed by atoms with van der Waals surface area (Å²) in [6.45, 7) is 0.939. The number of nitrogens with zero attached hydrogens (tertiary/aromatic N) is 1. The molecular formula is C20H20FN3O2S. The van der Waals surface area contributed by atoms with E-state index >= 15 is 0 Å². The molecule has 0 saturated carbocycles. The Labute approximate surface area is 161 Å². The number of carbonyl (C=O) groups excluding carboxylic acids is 1. The van der Waals surface area contributed by atoms with Crippen molar-refractivity contribution in [3.05, 3.63) is 60.4 Å². The second-order valence-electron chi connectivity index (χ2n) is 5.77. The van der Waals surface area contributed by atoms with Gasteiger partial charge in [-0.25, -0.2) is 9.37 Å². The molecule has 5 nitrogen and oxygen atoms in total. The summed E-state index contributed by atoms with van der Waals surface area (Å²) in [6.07, 6.45) is 0. The summed E-state index contributed by atoms with van der Waals surface area (Å²) in [5.41, 5.74) is 2.42. The maximum absolute atomic E-state index is 13.6.